The van der Waals surface area contributed by atoms with Crippen LogP contribution in [-0.2, 0) is 6.61 Å². The fourth-order valence-electron chi connectivity index (χ4n) is 3.13. The van der Waals surface area contributed by atoms with Gasteiger partial charge in [-0.3, -0.25) is 4.79 Å². The van der Waals surface area contributed by atoms with Gasteiger partial charge in [0.1, 0.15) is 12.4 Å². The van der Waals surface area contributed by atoms with Crippen molar-refractivity contribution in [2.45, 2.75) is 6.61 Å². The molecule has 0 aliphatic heterocycles. The van der Waals surface area contributed by atoms with Crippen LogP contribution in [0.3, 0.4) is 0 Å². The van der Waals surface area contributed by atoms with Gasteiger partial charge in [-0.25, -0.2) is 10.2 Å². The van der Waals surface area contributed by atoms with Crippen LogP contribution in [0.25, 0.3) is 11.0 Å². The highest BCUT2D eigenvalue weighted by atomic mass is 16.5. The highest BCUT2D eigenvalue weighted by Gasteiger charge is 2.14. The van der Waals surface area contributed by atoms with Crippen LogP contribution in [0.2, 0.25) is 0 Å². The number of carbonyl (C=O) groups is 2. The molecule has 0 saturated heterocycles. The fourth-order valence-corrected chi connectivity index (χ4v) is 3.13. The van der Waals surface area contributed by atoms with E-state index in [1.165, 1.54) is 32.6 Å². The van der Waals surface area contributed by atoms with Crippen LogP contribution in [0.1, 0.15) is 32.4 Å². The number of carboxylic acid groups (broad SMARTS) is 1. The number of nitrogens with one attached hydrogen (secondary N) is 1. The van der Waals surface area contributed by atoms with Crippen molar-refractivity contribution in [3.05, 3.63) is 77.4 Å². The molecule has 0 spiro atoms. The second-order valence-electron chi connectivity index (χ2n) is 6.96. The minimum Gasteiger partial charge on any atom is -0.493 e. The summed E-state index contributed by atoms with van der Waals surface area (Å²) in [6.45, 7) is 0.0232. The van der Waals surface area contributed by atoms with E-state index in [1.54, 1.807) is 36.4 Å². The van der Waals surface area contributed by atoms with Crippen molar-refractivity contribution in [2.24, 2.45) is 5.10 Å². The zero-order valence-corrected chi connectivity index (χ0v) is 18.2. The SMILES string of the molecule is COc1cc(/C=N\NC(=O)c2cc3cccc(OC)c3o2)ccc1OCc1ccc(C(=O)O)o1. The molecule has 34 heavy (non-hydrogen) atoms. The first-order chi connectivity index (χ1) is 16.5. The minimum atomic E-state index is -1.15. The smallest absolute Gasteiger partial charge is 0.371 e. The standard InChI is InChI=1S/C24H20N2O8/c1-30-18-5-3-4-15-11-21(34-22(15)18)23(27)26-25-12-14-6-8-17(20(10-14)31-2)32-13-16-7-9-19(33-16)24(28)29/h3-12H,13H2,1-2H3,(H,26,27)(H,28,29)/b25-12-. The average Bonchev–Trinajstić information content (AvgIpc) is 3.50. The highest BCUT2D eigenvalue weighted by molar-refractivity contribution is 5.97. The highest BCUT2D eigenvalue weighted by Crippen LogP contribution is 2.29. The van der Waals surface area contributed by atoms with Crippen molar-refractivity contribution < 1.29 is 37.7 Å². The molecule has 0 unspecified atom stereocenters. The number of rotatable bonds is 9. The maximum atomic E-state index is 12.4. The Morgan fingerprint density at radius 3 is 2.53 bits per heavy atom. The van der Waals surface area contributed by atoms with Crippen LogP contribution in [0, 0.1) is 0 Å². The molecule has 0 fully saturated rings. The largest absolute Gasteiger partial charge is 0.493 e. The number of ether oxygens (including phenoxy) is 3. The van der Waals surface area contributed by atoms with Crippen molar-refractivity contribution >= 4 is 29.1 Å². The van der Waals surface area contributed by atoms with E-state index in [2.05, 4.69) is 10.5 Å². The van der Waals surface area contributed by atoms with Crippen molar-refractivity contribution in [1.29, 1.82) is 0 Å². The second kappa shape index (κ2) is 9.82. The van der Waals surface area contributed by atoms with Gasteiger partial charge in [-0.05, 0) is 48.0 Å². The molecular weight excluding hydrogens is 444 g/mol. The number of para-hydroxylation sites is 1. The van der Waals surface area contributed by atoms with Crippen LogP contribution >= 0.6 is 0 Å². The lowest BCUT2D eigenvalue weighted by Crippen LogP contribution is -2.16. The van der Waals surface area contributed by atoms with Gasteiger partial charge in [0, 0.05) is 5.39 Å². The van der Waals surface area contributed by atoms with Gasteiger partial charge in [-0.2, -0.15) is 5.10 Å². The maximum Gasteiger partial charge on any atom is 0.371 e. The Hall–Kier alpha value is -4.73. The van der Waals surface area contributed by atoms with E-state index in [0.717, 1.165) is 5.39 Å². The lowest BCUT2D eigenvalue weighted by molar-refractivity contribution is 0.0657. The average molecular weight is 464 g/mol. The molecule has 4 aromatic rings. The van der Waals surface area contributed by atoms with Gasteiger partial charge in [0.15, 0.2) is 28.6 Å². The summed E-state index contributed by atoms with van der Waals surface area (Å²) >= 11 is 0. The van der Waals surface area contributed by atoms with Crippen molar-refractivity contribution in [1.82, 2.24) is 5.43 Å². The number of amides is 1. The number of benzene rings is 2. The van der Waals surface area contributed by atoms with Gasteiger partial charge in [0.2, 0.25) is 5.76 Å². The topological polar surface area (TPSA) is 133 Å². The summed E-state index contributed by atoms with van der Waals surface area (Å²) in [4.78, 5) is 23.3. The van der Waals surface area contributed by atoms with E-state index in [-0.39, 0.29) is 18.1 Å². The molecule has 4 rings (SSSR count). The molecule has 0 atom stereocenters. The Morgan fingerprint density at radius 1 is 0.971 bits per heavy atom. The molecule has 10 nitrogen and oxygen atoms in total. The number of hydrazone groups is 1. The van der Waals surface area contributed by atoms with Crippen LogP contribution < -0.4 is 19.6 Å². The summed E-state index contributed by atoms with van der Waals surface area (Å²) < 4.78 is 27.0. The lowest BCUT2D eigenvalue weighted by atomic mass is 10.2. The summed E-state index contributed by atoms with van der Waals surface area (Å²) in [5.74, 6) is 0.000759. The Balaban J connectivity index is 1.40. The van der Waals surface area contributed by atoms with E-state index in [4.69, 9.17) is 28.2 Å². The van der Waals surface area contributed by atoms with Crippen LogP contribution in [0.4, 0.5) is 0 Å². The summed E-state index contributed by atoms with van der Waals surface area (Å²) in [6, 6.07) is 14.9. The van der Waals surface area contributed by atoms with Gasteiger partial charge in [-0.15, -0.1) is 0 Å². The monoisotopic (exact) mass is 464 g/mol. The van der Waals surface area contributed by atoms with Gasteiger partial charge in [-0.1, -0.05) is 12.1 Å². The van der Waals surface area contributed by atoms with Gasteiger partial charge < -0.3 is 28.2 Å². The summed E-state index contributed by atoms with van der Waals surface area (Å²) in [6.07, 6.45) is 1.44. The molecule has 2 heterocycles. The first-order valence-electron chi connectivity index (χ1n) is 10.0. The third-order valence-corrected chi connectivity index (χ3v) is 4.76. The molecule has 1 amide bonds. The van der Waals surface area contributed by atoms with E-state index >= 15 is 0 Å². The van der Waals surface area contributed by atoms with Crippen molar-refractivity contribution in [2.75, 3.05) is 14.2 Å². The Labute approximate surface area is 193 Å². The van der Waals surface area contributed by atoms with Crippen molar-refractivity contribution in [3.8, 4) is 17.2 Å². The van der Waals surface area contributed by atoms with Gasteiger partial charge in [0.25, 0.3) is 0 Å². The lowest BCUT2D eigenvalue weighted by Gasteiger charge is -2.10. The van der Waals surface area contributed by atoms with E-state index in [1.807, 2.05) is 6.07 Å². The first kappa shape index (κ1) is 22.5. The molecule has 2 aromatic heterocycles. The molecule has 174 valence electrons. The number of hydrogen-bond acceptors (Lipinski definition) is 8. The second-order valence-corrected chi connectivity index (χ2v) is 6.96. The van der Waals surface area contributed by atoms with E-state index in [0.29, 0.717) is 34.2 Å². The molecular formula is C24H20N2O8. The van der Waals surface area contributed by atoms with Crippen molar-refractivity contribution in [3.63, 3.8) is 0 Å². The predicted octanol–water partition coefficient (Wildman–Crippen LogP) is 4.08. The third-order valence-electron chi connectivity index (χ3n) is 4.76. The molecule has 0 saturated carbocycles. The zero-order valence-electron chi connectivity index (χ0n) is 18.2. The molecule has 2 N–H and O–H groups in total. The summed E-state index contributed by atoms with van der Waals surface area (Å²) in [5, 5.41) is 13.6. The summed E-state index contributed by atoms with van der Waals surface area (Å²) in [5.41, 5.74) is 3.54. The van der Waals surface area contributed by atoms with Gasteiger partial charge >= 0.3 is 11.9 Å². The quantitative estimate of drug-likeness (QED) is 0.280. The normalized spacial score (nSPS) is 11.0. The summed E-state index contributed by atoms with van der Waals surface area (Å²) in [7, 11) is 3.01. The molecule has 10 heteroatoms. The number of aromatic carboxylic acids is 1. The first-order valence-corrected chi connectivity index (χ1v) is 10.0. The Morgan fingerprint density at radius 2 is 1.79 bits per heavy atom. The number of fused-ring (bicyclic) bond motifs is 1. The Kier molecular flexibility index (Phi) is 6.49. The van der Waals surface area contributed by atoms with Crippen LogP contribution in [-0.4, -0.2) is 37.4 Å². The zero-order chi connectivity index (χ0) is 24.1. The number of hydrogen-bond donors (Lipinski definition) is 2. The van der Waals surface area contributed by atoms with E-state index in [9.17, 15) is 9.59 Å². The number of furan rings is 2. The number of methoxy groups -OCH3 is 2. The van der Waals surface area contributed by atoms with Gasteiger partial charge in [0.05, 0.1) is 20.4 Å². The maximum absolute atomic E-state index is 12.4. The van der Waals surface area contributed by atoms with Crippen LogP contribution in [0.5, 0.6) is 17.2 Å². The fraction of sp³-hybridized carbons (Fsp3) is 0.125. The molecule has 2 aromatic carbocycles. The number of carboxylic acids is 1. The molecule has 0 aliphatic carbocycles. The minimum absolute atomic E-state index is 0.0232. The predicted molar refractivity (Wildman–Crippen MR) is 121 cm³/mol. The van der Waals surface area contributed by atoms with Crippen LogP contribution in [0.15, 0.2) is 68.5 Å². The molecule has 0 aliphatic rings. The third kappa shape index (κ3) is 4.85. The number of nitrogens with zero attached hydrogens (tertiary/aromatic N) is 1. The Bertz CT molecular complexity index is 1370. The number of carbonyl (C=O) groups excluding carboxylic acids is 1. The molecule has 0 radical (unpaired) electrons. The van der Waals surface area contributed by atoms with E-state index < -0.39 is 11.9 Å². The molecule has 0 bridgehead atoms.